The number of nitrogens with one attached hydrogen (secondary N) is 1. The van der Waals surface area contributed by atoms with Gasteiger partial charge in [0.2, 0.25) is 5.91 Å². The summed E-state index contributed by atoms with van der Waals surface area (Å²) in [5.74, 6) is 2.27. The van der Waals surface area contributed by atoms with Crippen LogP contribution >= 0.6 is 0 Å². The van der Waals surface area contributed by atoms with Gasteiger partial charge in [-0.25, -0.2) is 0 Å². The van der Waals surface area contributed by atoms with E-state index in [0.29, 0.717) is 31.0 Å². The van der Waals surface area contributed by atoms with E-state index in [9.17, 15) is 4.79 Å². The summed E-state index contributed by atoms with van der Waals surface area (Å²) in [5.41, 5.74) is 4.04. The van der Waals surface area contributed by atoms with Crippen LogP contribution in [0.15, 0.2) is 79.0 Å². The molecule has 0 saturated heterocycles. The first-order valence-electron chi connectivity index (χ1n) is 13.7. The van der Waals surface area contributed by atoms with Crippen LogP contribution in [0, 0.1) is 0 Å². The number of rotatable bonds is 14. The fraction of sp³-hybridized carbons (Fsp3) is 0.333. The van der Waals surface area contributed by atoms with Crippen molar-refractivity contribution in [3.05, 3.63) is 90.1 Å². The number of nitrogens with zero attached hydrogens (tertiary/aromatic N) is 2. The Bertz CT molecular complexity index is 1390. The number of aryl methyl sites for hydroxylation is 1. The molecule has 4 rings (SSSR count). The first-order chi connectivity index (χ1) is 19.5. The minimum absolute atomic E-state index is 0.141. The van der Waals surface area contributed by atoms with Crippen LogP contribution in [0.1, 0.15) is 37.3 Å². The number of pyridine rings is 1. The average molecular weight is 542 g/mol. The lowest BCUT2D eigenvalue weighted by Gasteiger charge is -2.25. The lowest BCUT2D eigenvalue weighted by molar-refractivity contribution is -0.131. The Morgan fingerprint density at radius 1 is 0.900 bits per heavy atom. The summed E-state index contributed by atoms with van der Waals surface area (Å²) < 4.78 is 16.4. The number of carbonyl (C=O) groups is 1. The van der Waals surface area contributed by atoms with Crippen molar-refractivity contribution >= 4 is 22.5 Å². The first-order valence-corrected chi connectivity index (χ1v) is 13.7. The van der Waals surface area contributed by atoms with Gasteiger partial charge < -0.3 is 24.4 Å². The highest BCUT2D eigenvalue weighted by molar-refractivity contribution is 5.91. The molecular formula is C33H39N3O4. The molecule has 0 spiro atoms. The lowest BCUT2D eigenvalue weighted by Crippen LogP contribution is -2.32. The molecule has 7 heteroatoms. The van der Waals surface area contributed by atoms with E-state index in [2.05, 4.69) is 29.4 Å². The fourth-order valence-corrected chi connectivity index (χ4v) is 4.86. The second-order valence-electron chi connectivity index (χ2n) is 9.93. The van der Waals surface area contributed by atoms with Gasteiger partial charge in [0.15, 0.2) is 11.5 Å². The van der Waals surface area contributed by atoms with Crippen LogP contribution in [0.4, 0.5) is 5.69 Å². The van der Waals surface area contributed by atoms with E-state index in [1.807, 2.05) is 65.6 Å². The standard InChI is InChI=1S/C33H39N3O4/c1-24(35-29-22-28(38-2)21-27-13-8-18-34-33(27)29)10-9-19-36(32(37)17-15-25-11-6-5-7-12-25)23-26-14-16-30(39-3)31(20-26)40-4/h5-8,11-14,16,18,20-22,24,35H,9-10,15,17,19,23H2,1-4H3. The molecule has 0 fully saturated rings. The third-order valence-corrected chi connectivity index (χ3v) is 7.03. The smallest absolute Gasteiger partial charge is 0.223 e. The summed E-state index contributed by atoms with van der Waals surface area (Å²) in [7, 11) is 4.92. The highest BCUT2D eigenvalue weighted by Gasteiger charge is 2.17. The Hall–Kier alpha value is -4.26. The molecule has 1 unspecified atom stereocenters. The van der Waals surface area contributed by atoms with Crippen LogP contribution in [0.3, 0.4) is 0 Å². The SMILES string of the molecule is COc1cc(NC(C)CCCN(Cc2ccc(OC)c(OC)c2)C(=O)CCc2ccccc2)c2ncccc2c1. The second-order valence-corrected chi connectivity index (χ2v) is 9.93. The zero-order chi connectivity index (χ0) is 28.3. The summed E-state index contributed by atoms with van der Waals surface area (Å²) in [6, 6.07) is 24.1. The van der Waals surface area contributed by atoms with Crippen molar-refractivity contribution < 1.29 is 19.0 Å². The molecule has 0 aliphatic carbocycles. The summed E-state index contributed by atoms with van der Waals surface area (Å²) in [6.07, 6.45) is 4.73. The van der Waals surface area contributed by atoms with Gasteiger partial charge in [0, 0.05) is 43.2 Å². The number of hydrogen-bond donors (Lipinski definition) is 1. The molecule has 40 heavy (non-hydrogen) atoms. The number of aromatic nitrogens is 1. The van der Waals surface area contributed by atoms with E-state index in [4.69, 9.17) is 14.2 Å². The van der Waals surface area contributed by atoms with Gasteiger partial charge in [-0.3, -0.25) is 9.78 Å². The molecule has 210 valence electrons. The van der Waals surface area contributed by atoms with Gasteiger partial charge in [0.05, 0.1) is 32.5 Å². The minimum atomic E-state index is 0.141. The topological polar surface area (TPSA) is 72.9 Å². The number of ether oxygens (including phenoxy) is 3. The van der Waals surface area contributed by atoms with Crippen LogP contribution in [-0.4, -0.2) is 49.7 Å². The zero-order valence-corrected chi connectivity index (χ0v) is 23.9. The largest absolute Gasteiger partial charge is 0.497 e. The quantitative estimate of drug-likeness (QED) is 0.196. The zero-order valence-electron chi connectivity index (χ0n) is 23.9. The summed E-state index contributed by atoms with van der Waals surface area (Å²) >= 11 is 0. The van der Waals surface area contributed by atoms with E-state index < -0.39 is 0 Å². The van der Waals surface area contributed by atoms with Gasteiger partial charge in [-0.05, 0) is 61.6 Å². The van der Waals surface area contributed by atoms with E-state index in [-0.39, 0.29) is 11.9 Å². The van der Waals surface area contributed by atoms with Crippen molar-refractivity contribution in [3.63, 3.8) is 0 Å². The van der Waals surface area contributed by atoms with E-state index in [1.54, 1.807) is 27.5 Å². The number of benzene rings is 3. The molecule has 4 aromatic rings. The van der Waals surface area contributed by atoms with Crippen molar-refractivity contribution in [1.29, 1.82) is 0 Å². The fourth-order valence-electron chi connectivity index (χ4n) is 4.86. The molecule has 1 amide bonds. The Morgan fingerprint density at radius 2 is 1.70 bits per heavy atom. The van der Waals surface area contributed by atoms with Gasteiger partial charge in [-0.2, -0.15) is 0 Å². The van der Waals surface area contributed by atoms with Crippen molar-refractivity contribution in [2.45, 2.75) is 45.2 Å². The van der Waals surface area contributed by atoms with E-state index >= 15 is 0 Å². The van der Waals surface area contributed by atoms with E-state index in [0.717, 1.165) is 47.2 Å². The second kappa shape index (κ2) is 14.2. The molecule has 0 aliphatic heterocycles. The van der Waals surface area contributed by atoms with Crippen molar-refractivity contribution in [2.24, 2.45) is 0 Å². The normalized spacial score (nSPS) is 11.6. The van der Waals surface area contributed by atoms with E-state index in [1.165, 1.54) is 5.56 Å². The highest BCUT2D eigenvalue weighted by Crippen LogP contribution is 2.30. The molecule has 0 saturated carbocycles. The molecule has 7 nitrogen and oxygen atoms in total. The molecular weight excluding hydrogens is 502 g/mol. The molecule has 1 aromatic heterocycles. The Balaban J connectivity index is 1.42. The predicted molar refractivity (Wildman–Crippen MR) is 160 cm³/mol. The Morgan fingerprint density at radius 3 is 2.45 bits per heavy atom. The number of fused-ring (bicyclic) bond motifs is 1. The number of hydrogen-bond acceptors (Lipinski definition) is 6. The molecule has 1 atom stereocenters. The van der Waals surface area contributed by atoms with Gasteiger partial charge in [0.1, 0.15) is 5.75 Å². The number of methoxy groups -OCH3 is 3. The molecule has 1 heterocycles. The minimum Gasteiger partial charge on any atom is -0.497 e. The van der Waals surface area contributed by atoms with Crippen LogP contribution in [0.5, 0.6) is 17.2 Å². The maximum absolute atomic E-state index is 13.4. The molecule has 0 bridgehead atoms. The third-order valence-electron chi connectivity index (χ3n) is 7.03. The number of carbonyl (C=O) groups excluding carboxylic acids is 1. The van der Waals surface area contributed by atoms with Gasteiger partial charge >= 0.3 is 0 Å². The summed E-state index contributed by atoms with van der Waals surface area (Å²) in [4.78, 5) is 19.9. The Kier molecular flexibility index (Phi) is 10.2. The summed E-state index contributed by atoms with van der Waals surface area (Å²) in [6.45, 7) is 3.33. The van der Waals surface area contributed by atoms with Crippen LogP contribution in [0.2, 0.25) is 0 Å². The molecule has 0 radical (unpaired) electrons. The van der Waals surface area contributed by atoms with Crippen molar-refractivity contribution in [2.75, 3.05) is 33.2 Å². The Labute approximate surface area is 237 Å². The van der Waals surface area contributed by atoms with Crippen molar-refractivity contribution in [1.82, 2.24) is 9.88 Å². The molecule has 1 N–H and O–H groups in total. The maximum atomic E-state index is 13.4. The third kappa shape index (κ3) is 7.65. The van der Waals surface area contributed by atoms with Crippen LogP contribution in [0.25, 0.3) is 10.9 Å². The van der Waals surface area contributed by atoms with Crippen LogP contribution < -0.4 is 19.5 Å². The summed E-state index contributed by atoms with van der Waals surface area (Å²) in [5, 5.41) is 4.64. The van der Waals surface area contributed by atoms with Crippen molar-refractivity contribution in [3.8, 4) is 17.2 Å². The predicted octanol–water partition coefficient (Wildman–Crippen LogP) is 6.50. The van der Waals surface area contributed by atoms with Crippen LogP contribution in [-0.2, 0) is 17.8 Å². The van der Waals surface area contributed by atoms with Gasteiger partial charge in [-0.15, -0.1) is 0 Å². The van der Waals surface area contributed by atoms with Gasteiger partial charge in [0.25, 0.3) is 0 Å². The number of amides is 1. The molecule has 0 aliphatic rings. The monoisotopic (exact) mass is 541 g/mol. The van der Waals surface area contributed by atoms with Gasteiger partial charge in [-0.1, -0.05) is 42.5 Å². The lowest BCUT2D eigenvalue weighted by atomic mass is 10.1. The maximum Gasteiger partial charge on any atom is 0.223 e. The molecule has 3 aromatic carbocycles. The highest BCUT2D eigenvalue weighted by atomic mass is 16.5. The average Bonchev–Trinajstić information content (AvgIpc) is 2.99. The number of anilines is 1. The first kappa shape index (κ1) is 28.7.